The normalized spacial score (nSPS) is 11.3. The Labute approximate surface area is 152 Å². The van der Waals surface area contributed by atoms with E-state index in [-0.39, 0.29) is 0 Å². The van der Waals surface area contributed by atoms with Crippen LogP contribution < -0.4 is 10.8 Å². The Morgan fingerprint density at radius 2 is 1.92 bits per heavy atom. The zero-order chi connectivity index (χ0) is 18.2. The number of carbonyl (C=O) groups excluding carboxylic acids is 1. The summed E-state index contributed by atoms with van der Waals surface area (Å²) in [5.41, 5.74) is 6.24. The topological polar surface area (TPSA) is 77.2 Å². The molecule has 0 aliphatic heterocycles. The average molecular weight is 349 g/mol. The van der Waals surface area contributed by atoms with E-state index in [0.29, 0.717) is 0 Å². The fourth-order valence-corrected chi connectivity index (χ4v) is 2.93. The van der Waals surface area contributed by atoms with Crippen molar-refractivity contribution in [2.45, 2.75) is 19.4 Å². The first-order valence-electron chi connectivity index (χ1n) is 8.73. The Hall–Kier alpha value is -2.89. The second kappa shape index (κ2) is 8.99. The number of carbonyl (C=O) groups is 1. The van der Waals surface area contributed by atoms with Crippen LogP contribution in [0, 0.1) is 0 Å². The quantitative estimate of drug-likeness (QED) is 0.218. The van der Waals surface area contributed by atoms with Crippen LogP contribution in [0.4, 0.5) is 0 Å². The highest BCUT2D eigenvalue weighted by Crippen LogP contribution is 2.18. The van der Waals surface area contributed by atoms with E-state index in [2.05, 4.69) is 34.7 Å². The summed E-state index contributed by atoms with van der Waals surface area (Å²) < 4.78 is 0. The Bertz CT molecular complexity index is 882. The predicted octanol–water partition coefficient (Wildman–Crippen LogP) is 3.41. The molecule has 5 heteroatoms. The van der Waals surface area contributed by atoms with Gasteiger partial charge in [0.05, 0.1) is 0 Å². The summed E-state index contributed by atoms with van der Waals surface area (Å²) in [6.45, 7) is 1.77. The van der Waals surface area contributed by atoms with Crippen LogP contribution in [0.15, 0.2) is 60.8 Å². The van der Waals surface area contributed by atoms with Crippen molar-refractivity contribution in [3.05, 3.63) is 77.5 Å². The zero-order valence-corrected chi connectivity index (χ0v) is 14.5. The van der Waals surface area contributed by atoms with E-state index in [9.17, 15) is 4.79 Å². The van der Waals surface area contributed by atoms with Crippen molar-refractivity contribution in [3.63, 3.8) is 0 Å². The van der Waals surface area contributed by atoms with E-state index in [0.717, 1.165) is 31.5 Å². The molecule has 0 saturated heterocycles. The number of para-hydroxylation sites is 1. The van der Waals surface area contributed by atoms with Crippen molar-refractivity contribution < 1.29 is 10.0 Å². The summed E-state index contributed by atoms with van der Waals surface area (Å²) in [5.74, 6) is -0.536. The van der Waals surface area contributed by atoms with Crippen LogP contribution in [0.2, 0.25) is 0 Å². The Morgan fingerprint density at radius 1 is 1.12 bits per heavy atom. The number of hydrogen-bond donors (Lipinski definition) is 4. The molecule has 0 radical (unpaired) electrons. The molecule has 4 N–H and O–H groups in total. The molecule has 134 valence electrons. The number of aryl methyl sites for hydroxylation is 1. The van der Waals surface area contributed by atoms with Crippen molar-refractivity contribution in [1.29, 1.82) is 0 Å². The van der Waals surface area contributed by atoms with E-state index in [1.54, 1.807) is 11.6 Å². The number of fused-ring (bicyclic) bond motifs is 1. The first-order chi connectivity index (χ1) is 12.8. The predicted molar refractivity (Wildman–Crippen MR) is 104 cm³/mol. The van der Waals surface area contributed by atoms with Crippen LogP contribution in [0.25, 0.3) is 17.0 Å². The molecule has 0 saturated carbocycles. The molecule has 26 heavy (non-hydrogen) atoms. The lowest BCUT2D eigenvalue weighted by molar-refractivity contribution is -0.124. The number of hydroxylamine groups is 1. The minimum absolute atomic E-state index is 0.536. The van der Waals surface area contributed by atoms with Gasteiger partial charge < -0.3 is 10.3 Å². The van der Waals surface area contributed by atoms with Crippen molar-refractivity contribution in [2.75, 3.05) is 6.54 Å². The van der Waals surface area contributed by atoms with Gasteiger partial charge in [-0.2, -0.15) is 0 Å². The molecule has 0 aliphatic carbocycles. The summed E-state index contributed by atoms with van der Waals surface area (Å²) in [5, 5.41) is 13.2. The van der Waals surface area contributed by atoms with Crippen molar-refractivity contribution in [1.82, 2.24) is 15.8 Å². The van der Waals surface area contributed by atoms with Crippen LogP contribution in [0.1, 0.15) is 23.1 Å². The van der Waals surface area contributed by atoms with Crippen molar-refractivity contribution >= 4 is 22.9 Å². The van der Waals surface area contributed by atoms with Gasteiger partial charge in [-0.3, -0.25) is 10.0 Å². The molecular weight excluding hydrogens is 326 g/mol. The maximum Gasteiger partial charge on any atom is 0.267 e. The molecular formula is C21H23N3O2. The molecule has 0 atom stereocenters. The van der Waals surface area contributed by atoms with Gasteiger partial charge in [-0.05, 0) is 48.2 Å². The lowest BCUT2D eigenvalue weighted by Gasteiger charge is -2.05. The number of aromatic amines is 1. The highest BCUT2D eigenvalue weighted by Gasteiger charge is 2.02. The van der Waals surface area contributed by atoms with Gasteiger partial charge in [-0.25, -0.2) is 5.48 Å². The van der Waals surface area contributed by atoms with Crippen molar-refractivity contribution in [3.8, 4) is 0 Å². The Kier molecular flexibility index (Phi) is 6.19. The second-order valence-electron chi connectivity index (χ2n) is 6.19. The highest BCUT2D eigenvalue weighted by atomic mass is 16.5. The first kappa shape index (κ1) is 17.9. The van der Waals surface area contributed by atoms with E-state index in [1.807, 2.05) is 30.3 Å². The molecule has 2 aromatic carbocycles. The Morgan fingerprint density at radius 3 is 2.73 bits per heavy atom. The third-order valence-corrected chi connectivity index (χ3v) is 4.32. The molecule has 0 aliphatic rings. The number of rotatable bonds is 8. The summed E-state index contributed by atoms with van der Waals surface area (Å²) in [4.78, 5) is 14.3. The number of benzene rings is 2. The fraction of sp³-hybridized carbons (Fsp3) is 0.190. The zero-order valence-electron chi connectivity index (χ0n) is 14.5. The molecule has 3 rings (SSSR count). The monoisotopic (exact) mass is 349 g/mol. The van der Waals surface area contributed by atoms with E-state index < -0.39 is 5.91 Å². The third kappa shape index (κ3) is 4.81. The van der Waals surface area contributed by atoms with Gasteiger partial charge in [0.1, 0.15) is 0 Å². The van der Waals surface area contributed by atoms with Crippen molar-refractivity contribution in [2.24, 2.45) is 0 Å². The highest BCUT2D eigenvalue weighted by molar-refractivity contribution is 5.90. The smallest absolute Gasteiger partial charge is 0.267 e. The molecule has 1 aromatic heterocycles. The van der Waals surface area contributed by atoms with Gasteiger partial charge in [0.15, 0.2) is 0 Å². The van der Waals surface area contributed by atoms with E-state index >= 15 is 0 Å². The van der Waals surface area contributed by atoms with Crippen LogP contribution in [0.3, 0.4) is 0 Å². The van der Waals surface area contributed by atoms with Crippen LogP contribution >= 0.6 is 0 Å². The van der Waals surface area contributed by atoms with Crippen LogP contribution in [-0.4, -0.2) is 22.6 Å². The summed E-state index contributed by atoms with van der Waals surface area (Å²) in [6, 6.07) is 16.3. The van der Waals surface area contributed by atoms with Crippen LogP contribution in [0.5, 0.6) is 0 Å². The number of H-pyrrole nitrogens is 1. The summed E-state index contributed by atoms with van der Waals surface area (Å²) in [6.07, 6.45) is 7.18. The molecule has 0 unspecified atom stereocenters. The number of nitrogens with one attached hydrogen (secondary N) is 3. The number of hydrogen-bond acceptors (Lipinski definition) is 3. The lowest BCUT2D eigenvalue weighted by Crippen LogP contribution is -2.15. The molecule has 0 fully saturated rings. The summed E-state index contributed by atoms with van der Waals surface area (Å²) >= 11 is 0. The standard InChI is InChI=1S/C21H23N3O2/c25-21(24-26)12-11-16-7-9-17(10-8-16)14-22-13-3-4-18-15-23-20-6-2-1-5-19(18)20/h1-2,5-12,15,22-23,26H,3-4,13-14H2,(H,24,25)/b12-11+. The molecule has 0 bridgehead atoms. The molecule has 5 nitrogen and oxygen atoms in total. The SMILES string of the molecule is O=C(/C=C/c1ccc(CNCCCc2c[nH]c3ccccc23)cc1)NO. The van der Waals surface area contributed by atoms with Gasteiger partial charge in [-0.1, -0.05) is 42.5 Å². The lowest BCUT2D eigenvalue weighted by atomic mass is 10.1. The molecule has 0 spiro atoms. The van der Waals surface area contributed by atoms with Gasteiger partial charge >= 0.3 is 0 Å². The third-order valence-electron chi connectivity index (χ3n) is 4.32. The maximum absolute atomic E-state index is 11.0. The van der Waals surface area contributed by atoms with E-state index in [1.165, 1.54) is 28.1 Å². The van der Waals surface area contributed by atoms with Gasteiger partial charge in [0, 0.05) is 29.7 Å². The molecule has 1 amide bonds. The average Bonchev–Trinajstić information content (AvgIpc) is 3.10. The van der Waals surface area contributed by atoms with E-state index in [4.69, 9.17) is 5.21 Å². The van der Waals surface area contributed by atoms with Gasteiger partial charge in [0.25, 0.3) is 5.91 Å². The van der Waals surface area contributed by atoms with Crippen LogP contribution in [-0.2, 0) is 17.8 Å². The largest absolute Gasteiger partial charge is 0.361 e. The number of aromatic nitrogens is 1. The number of amides is 1. The minimum Gasteiger partial charge on any atom is -0.361 e. The first-order valence-corrected chi connectivity index (χ1v) is 8.73. The van der Waals surface area contributed by atoms with Gasteiger partial charge in [-0.15, -0.1) is 0 Å². The van der Waals surface area contributed by atoms with Gasteiger partial charge in [0.2, 0.25) is 0 Å². The second-order valence-corrected chi connectivity index (χ2v) is 6.19. The maximum atomic E-state index is 11.0. The molecule has 3 aromatic rings. The fourth-order valence-electron chi connectivity index (χ4n) is 2.93. The Balaban J connectivity index is 1.41. The summed E-state index contributed by atoms with van der Waals surface area (Å²) in [7, 11) is 0. The molecule has 1 heterocycles. The minimum atomic E-state index is -0.536.